The number of hydrogen-bond donors (Lipinski definition) is 1. The molecule has 0 saturated carbocycles. The molecule has 0 atom stereocenters. The van der Waals surface area contributed by atoms with Crippen LogP contribution >= 0.6 is 11.6 Å². The number of hydrazone groups is 1. The van der Waals surface area contributed by atoms with Crippen LogP contribution in [-0.2, 0) is 0 Å². The van der Waals surface area contributed by atoms with Gasteiger partial charge in [-0.25, -0.2) is 9.82 Å². The van der Waals surface area contributed by atoms with E-state index in [-0.39, 0.29) is 10.6 Å². The molecule has 0 radical (unpaired) electrons. The Kier molecular flexibility index (Phi) is 4.76. The largest absolute Gasteiger partial charge is 0.273 e. The highest BCUT2D eigenvalue weighted by Gasteiger charge is 2.12. The Hall–Kier alpha value is -2.79. The second-order valence-electron chi connectivity index (χ2n) is 5.60. The lowest BCUT2D eigenvalue weighted by Gasteiger charge is -2.08. The summed E-state index contributed by atoms with van der Waals surface area (Å²) in [6.07, 6.45) is 1.18. The standard InChI is InChI=1S/C19H15ClFN3O/c1-11-5-3-6-13-9-14(12(2)23-18(11)13)19(25)24-22-10-15-16(20)7-4-8-17(15)21/h3-10H,1-2H3,(H,24,25). The highest BCUT2D eigenvalue weighted by molar-refractivity contribution is 6.33. The summed E-state index contributed by atoms with van der Waals surface area (Å²) in [6, 6.07) is 11.9. The molecule has 126 valence electrons. The van der Waals surface area contributed by atoms with Crippen molar-refractivity contribution in [3.05, 3.63) is 75.7 Å². The summed E-state index contributed by atoms with van der Waals surface area (Å²) in [7, 11) is 0. The molecule has 0 aliphatic rings. The van der Waals surface area contributed by atoms with Crippen molar-refractivity contribution in [2.45, 2.75) is 13.8 Å². The number of nitrogens with one attached hydrogen (secondary N) is 1. The number of nitrogens with zero attached hydrogens (tertiary/aromatic N) is 2. The van der Waals surface area contributed by atoms with Crippen molar-refractivity contribution in [2.24, 2.45) is 5.10 Å². The molecule has 4 nitrogen and oxygen atoms in total. The van der Waals surface area contributed by atoms with Crippen LogP contribution in [0.4, 0.5) is 4.39 Å². The van der Waals surface area contributed by atoms with E-state index in [9.17, 15) is 9.18 Å². The lowest BCUT2D eigenvalue weighted by Crippen LogP contribution is -2.19. The first kappa shape index (κ1) is 17.0. The van der Waals surface area contributed by atoms with Gasteiger partial charge in [-0.3, -0.25) is 9.78 Å². The first-order chi connectivity index (χ1) is 12.0. The number of carbonyl (C=O) groups is 1. The number of pyridine rings is 1. The molecule has 1 aromatic heterocycles. The number of halogens is 2. The van der Waals surface area contributed by atoms with Gasteiger partial charge in [0.15, 0.2) is 0 Å². The molecule has 2 aromatic carbocycles. The van der Waals surface area contributed by atoms with Crippen molar-refractivity contribution >= 4 is 34.6 Å². The lowest BCUT2D eigenvalue weighted by atomic mass is 10.1. The number of amides is 1. The van der Waals surface area contributed by atoms with E-state index in [4.69, 9.17) is 11.6 Å². The van der Waals surface area contributed by atoms with Gasteiger partial charge in [-0.05, 0) is 37.6 Å². The van der Waals surface area contributed by atoms with Gasteiger partial charge in [0.2, 0.25) is 0 Å². The SMILES string of the molecule is Cc1nc2c(C)cccc2cc1C(=O)NN=Cc1c(F)cccc1Cl. The molecule has 6 heteroatoms. The van der Waals surface area contributed by atoms with E-state index in [2.05, 4.69) is 15.5 Å². The normalized spacial score (nSPS) is 11.2. The number of aryl methyl sites for hydroxylation is 2. The minimum atomic E-state index is -0.510. The van der Waals surface area contributed by atoms with Crippen LogP contribution in [0.25, 0.3) is 10.9 Å². The molecule has 0 saturated heterocycles. The topological polar surface area (TPSA) is 54.4 Å². The number of aromatic nitrogens is 1. The van der Waals surface area contributed by atoms with Crippen LogP contribution in [0.15, 0.2) is 47.6 Å². The summed E-state index contributed by atoms with van der Waals surface area (Å²) in [4.78, 5) is 16.9. The molecule has 0 aliphatic carbocycles. The van der Waals surface area contributed by atoms with Crippen molar-refractivity contribution in [3.63, 3.8) is 0 Å². The summed E-state index contributed by atoms with van der Waals surface area (Å²) in [6.45, 7) is 3.73. The predicted molar refractivity (Wildman–Crippen MR) is 97.7 cm³/mol. The Balaban J connectivity index is 1.85. The molecule has 1 heterocycles. The summed E-state index contributed by atoms with van der Waals surface area (Å²) in [5.41, 5.74) is 5.41. The summed E-state index contributed by atoms with van der Waals surface area (Å²) in [5.74, 6) is -0.929. The lowest BCUT2D eigenvalue weighted by molar-refractivity contribution is 0.0954. The van der Waals surface area contributed by atoms with Crippen LogP contribution in [0, 0.1) is 19.7 Å². The molecule has 0 bridgehead atoms. The number of hydrogen-bond acceptors (Lipinski definition) is 3. The zero-order valence-electron chi connectivity index (χ0n) is 13.7. The van der Waals surface area contributed by atoms with E-state index < -0.39 is 11.7 Å². The summed E-state index contributed by atoms with van der Waals surface area (Å²) >= 11 is 5.91. The molecular weight excluding hydrogens is 341 g/mol. The summed E-state index contributed by atoms with van der Waals surface area (Å²) < 4.78 is 13.7. The Labute approximate surface area is 149 Å². The highest BCUT2D eigenvalue weighted by atomic mass is 35.5. The number of para-hydroxylation sites is 1. The molecule has 3 rings (SSSR count). The smallest absolute Gasteiger partial charge is 0.267 e. The van der Waals surface area contributed by atoms with E-state index in [0.717, 1.165) is 16.5 Å². The molecule has 0 aliphatic heterocycles. The molecule has 1 N–H and O–H groups in total. The first-order valence-electron chi connectivity index (χ1n) is 7.62. The monoisotopic (exact) mass is 355 g/mol. The van der Waals surface area contributed by atoms with E-state index in [1.165, 1.54) is 18.3 Å². The molecule has 0 unspecified atom stereocenters. The quantitative estimate of drug-likeness (QED) is 0.559. The van der Waals surface area contributed by atoms with Crippen LogP contribution in [-0.4, -0.2) is 17.1 Å². The van der Waals surface area contributed by atoms with E-state index >= 15 is 0 Å². The zero-order chi connectivity index (χ0) is 18.0. The Morgan fingerprint density at radius 1 is 1.24 bits per heavy atom. The van der Waals surface area contributed by atoms with E-state index in [1.807, 2.05) is 25.1 Å². The van der Waals surface area contributed by atoms with Crippen molar-refractivity contribution in [2.75, 3.05) is 0 Å². The van der Waals surface area contributed by atoms with E-state index in [0.29, 0.717) is 11.3 Å². The number of benzene rings is 2. The van der Waals surface area contributed by atoms with Gasteiger partial charge in [-0.2, -0.15) is 5.10 Å². The average Bonchev–Trinajstić information content (AvgIpc) is 2.58. The Bertz CT molecular complexity index is 981. The minimum absolute atomic E-state index is 0.119. The molecule has 0 spiro atoms. The highest BCUT2D eigenvalue weighted by Crippen LogP contribution is 2.20. The van der Waals surface area contributed by atoms with Crippen LogP contribution in [0.3, 0.4) is 0 Å². The second-order valence-corrected chi connectivity index (χ2v) is 6.01. The van der Waals surface area contributed by atoms with Crippen LogP contribution < -0.4 is 5.43 Å². The Morgan fingerprint density at radius 2 is 2.00 bits per heavy atom. The van der Waals surface area contributed by atoms with Gasteiger partial charge in [0, 0.05) is 10.9 Å². The first-order valence-corrected chi connectivity index (χ1v) is 7.99. The van der Waals surface area contributed by atoms with Gasteiger partial charge < -0.3 is 0 Å². The number of fused-ring (bicyclic) bond motifs is 1. The van der Waals surface area contributed by atoms with Gasteiger partial charge in [0.1, 0.15) is 5.82 Å². The van der Waals surface area contributed by atoms with Crippen LogP contribution in [0.5, 0.6) is 0 Å². The van der Waals surface area contributed by atoms with Crippen molar-refractivity contribution in [3.8, 4) is 0 Å². The fourth-order valence-electron chi connectivity index (χ4n) is 2.52. The molecule has 1 amide bonds. The maximum absolute atomic E-state index is 13.7. The third kappa shape index (κ3) is 3.51. The minimum Gasteiger partial charge on any atom is -0.267 e. The van der Waals surface area contributed by atoms with Gasteiger partial charge in [0.25, 0.3) is 5.91 Å². The van der Waals surface area contributed by atoms with E-state index in [1.54, 1.807) is 19.1 Å². The third-order valence-corrected chi connectivity index (χ3v) is 4.17. The predicted octanol–water partition coefficient (Wildman–Crippen LogP) is 4.41. The van der Waals surface area contributed by atoms with Crippen LogP contribution in [0.2, 0.25) is 5.02 Å². The summed E-state index contributed by atoms with van der Waals surface area (Å²) in [5, 5.41) is 4.89. The van der Waals surface area contributed by atoms with Gasteiger partial charge in [0.05, 0.1) is 28.0 Å². The van der Waals surface area contributed by atoms with Gasteiger partial charge >= 0.3 is 0 Å². The molecule has 0 fully saturated rings. The zero-order valence-corrected chi connectivity index (χ0v) is 14.4. The van der Waals surface area contributed by atoms with Gasteiger partial charge in [-0.15, -0.1) is 0 Å². The maximum Gasteiger partial charge on any atom is 0.273 e. The number of rotatable bonds is 3. The van der Waals surface area contributed by atoms with Crippen molar-refractivity contribution in [1.29, 1.82) is 0 Å². The molecule has 3 aromatic rings. The fraction of sp³-hybridized carbons (Fsp3) is 0.105. The fourth-order valence-corrected chi connectivity index (χ4v) is 2.73. The van der Waals surface area contributed by atoms with Crippen LogP contribution in [0.1, 0.15) is 27.2 Å². The Morgan fingerprint density at radius 3 is 2.76 bits per heavy atom. The average molecular weight is 356 g/mol. The maximum atomic E-state index is 13.7. The van der Waals surface area contributed by atoms with Crippen molar-refractivity contribution < 1.29 is 9.18 Å². The van der Waals surface area contributed by atoms with Gasteiger partial charge in [-0.1, -0.05) is 35.9 Å². The van der Waals surface area contributed by atoms with Crippen molar-refractivity contribution in [1.82, 2.24) is 10.4 Å². The number of carbonyl (C=O) groups excluding carboxylic acids is 1. The molecule has 25 heavy (non-hydrogen) atoms. The third-order valence-electron chi connectivity index (χ3n) is 3.84. The molecular formula is C19H15ClFN3O. The second kappa shape index (κ2) is 6.99.